The Morgan fingerprint density at radius 3 is 1.18 bits per heavy atom. The van der Waals surface area contributed by atoms with Crippen LogP contribution in [0.4, 0.5) is 0 Å². The molecule has 0 bridgehead atoms. The first kappa shape index (κ1) is 28.6. The van der Waals surface area contributed by atoms with Crippen molar-refractivity contribution < 1.29 is 25.8 Å². The predicted octanol–water partition coefficient (Wildman–Crippen LogP) is 8.97. The minimum Gasteiger partial charge on any atom is -0.161 e. The Bertz CT molecular complexity index is 897. The maximum Gasteiger partial charge on any atom is 0 e. The molecule has 0 aromatic heterocycles. The van der Waals surface area contributed by atoms with Crippen molar-refractivity contribution in [1.29, 1.82) is 0 Å². The molecular weight excluding hydrogens is 601 g/mol. The van der Waals surface area contributed by atoms with Crippen LogP contribution in [0.2, 0.25) is 0 Å². The van der Waals surface area contributed by atoms with Crippen LogP contribution in [0.3, 0.4) is 0 Å². The number of fused-ring (bicyclic) bond motifs is 2. The molecule has 4 aromatic carbocycles. The van der Waals surface area contributed by atoms with Gasteiger partial charge in [0.05, 0.1) is 0 Å². The molecule has 0 nitrogen and oxygen atoms in total. The molecule has 0 saturated heterocycles. The van der Waals surface area contributed by atoms with Gasteiger partial charge in [-0.2, -0.15) is 12.1 Å². The number of rotatable bonds is 10. The van der Waals surface area contributed by atoms with Gasteiger partial charge in [-0.3, -0.25) is 0 Å². The van der Waals surface area contributed by atoms with Gasteiger partial charge >= 0.3 is 0 Å². The third kappa shape index (κ3) is 8.23. The minimum absolute atomic E-state index is 0. The molecule has 0 heterocycles. The minimum atomic E-state index is 0. The molecule has 33 heavy (non-hydrogen) atoms. The van der Waals surface area contributed by atoms with Gasteiger partial charge in [-0.05, 0) is 24.6 Å². The van der Waals surface area contributed by atoms with Crippen LogP contribution in [-0.4, -0.2) is 24.6 Å². The number of benzene rings is 2. The van der Waals surface area contributed by atoms with Crippen LogP contribution in [0.5, 0.6) is 0 Å². The van der Waals surface area contributed by atoms with Gasteiger partial charge in [0.25, 0.3) is 0 Å². The van der Waals surface area contributed by atoms with E-state index in [1.807, 2.05) is 0 Å². The maximum absolute atomic E-state index is 2.41. The van der Waals surface area contributed by atoms with Crippen LogP contribution < -0.4 is 10.6 Å². The number of hydrogen-bond donors (Lipinski definition) is 0. The molecule has 0 N–H and O–H groups in total. The zero-order valence-electron chi connectivity index (χ0n) is 21.0. The first-order chi connectivity index (χ1) is 15.7. The van der Waals surface area contributed by atoms with E-state index in [2.05, 4.69) is 100 Å². The van der Waals surface area contributed by atoms with E-state index in [1.165, 1.54) is 71.9 Å². The summed E-state index contributed by atoms with van der Waals surface area (Å²) in [5, 5.41) is 8.88. The standard InChI is InChI=1S/2C15H20P.Hf/c2*1-3-9-16(10-4-2)15-11-13-7-5-6-8-14(13)12-15;/h2*5-8,11-12H,3-4,9-10H2,1-2H3;/q2*-1;. The van der Waals surface area contributed by atoms with Crippen LogP contribution in [-0.2, 0) is 25.8 Å². The summed E-state index contributed by atoms with van der Waals surface area (Å²) in [6.45, 7) is 9.20. The summed E-state index contributed by atoms with van der Waals surface area (Å²) in [6.07, 6.45) is 10.8. The molecule has 0 unspecified atom stereocenters. The monoisotopic (exact) mass is 642 g/mol. The van der Waals surface area contributed by atoms with Crippen LogP contribution >= 0.6 is 15.8 Å². The van der Waals surface area contributed by atoms with E-state index in [9.17, 15) is 0 Å². The smallest absolute Gasteiger partial charge is 0 e. The Kier molecular flexibility index (Phi) is 13.4. The van der Waals surface area contributed by atoms with Gasteiger partial charge < -0.3 is 0 Å². The van der Waals surface area contributed by atoms with E-state index in [1.54, 1.807) is 10.6 Å². The van der Waals surface area contributed by atoms with Crippen molar-refractivity contribution in [2.45, 2.75) is 53.4 Å². The summed E-state index contributed by atoms with van der Waals surface area (Å²) in [7, 11) is 0.194. The van der Waals surface area contributed by atoms with Crippen LogP contribution in [0.1, 0.15) is 53.4 Å². The fraction of sp³-hybridized carbons (Fsp3) is 0.400. The van der Waals surface area contributed by atoms with Gasteiger partial charge in [-0.15, -0.1) is 80.7 Å². The quantitative estimate of drug-likeness (QED) is 0.0922. The second-order valence-electron chi connectivity index (χ2n) is 8.66. The fourth-order valence-corrected chi connectivity index (χ4v) is 9.38. The van der Waals surface area contributed by atoms with Gasteiger partial charge in [-0.25, -0.2) is 0 Å². The van der Waals surface area contributed by atoms with Gasteiger partial charge in [0.15, 0.2) is 0 Å². The first-order valence-corrected chi connectivity index (χ1v) is 15.9. The molecule has 0 aliphatic heterocycles. The molecule has 0 aliphatic carbocycles. The van der Waals surface area contributed by atoms with E-state index < -0.39 is 0 Å². The summed E-state index contributed by atoms with van der Waals surface area (Å²) in [4.78, 5) is 0. The fourth-order valence-electron chi connectivity index (χ4n) is 4.45. The Morgan fingerprint density at radius 2 is 0.879 bits per heavy atom. The van der Waals surface area contributed by atoms with E-state index in [-0.39, 0.29) is 41.7 Å². The van der Waals surface area contributed by atoms with Crippen molar-refractivity contribution >= 4 is 48.0 Å². The molecule has 0 spiro atoms. The molecule has 0 saturated carbocycles. The largest absolute Gasteiger partial charge is 0.161 e. The van der Waals surface area contributed by atoms with Crippen molar-refractivity contribution in [3.8, 4) is 0 Å². The Morgan fingerprint density at radius 1 is 0.545 bits per heavy atom. The van der Waals surface area contributed by atoms with Crippen LogP contribution in [0.15, 0.2) is 72.8 Å². The molecular formula is C30H40HfP2-2. The molecule has 0 amide bonds. The predicted molar refractivity (Wildman–Crippen MR) is 153 cm³/mol. The summed E-state index contributed by atoms with van der Waals surface area (Å²) in [5.41, 5.74) is 0. The molecule has 0 aliphatic rings. The average molecular weight is 641 g/mol. The van der Waals surface area contributed by atoms with Crippen molar-refractivity contribution in [1.82, 2.24) is 0 Å². The Labute approximate surface area is 223 Å². The second-order valence-corrected chi connectivity index (χ2v) is 13.6. The molecule has 176 valence electrons. The topological polar surface area (TPSA) is 0 Å². The zero-order valence-corrected chi connectivity index (χ0v) is 26.4. The number of hydrogen-bond acceptors (Lipinski definition) is 0. The molecule has 3 heteroatoms. The van der Waals surface area contributed by atoms with E-state index >= 15 is 0 Å². The van der Waals surface area contributed by atoms with Crippen molar-refractivity contribution in [3.05, 3.63) is 72.8 Å². The van der Waals surface area contributed by atoms with E-state index in [0.29, 0.717) is 0 Å². The van der Waals surface area contributed by atoms with Crippen molar-refractivity contribution in [3.63, 3.8) is 0 Å². The third-order valence-corrected chi connectivity index (χ3v) is 11.8. The first-order valence-electron chi connectivity index (χ1n) is 12.5. The van der Waals surface area contributed by atoms with E-state index in [0.717, 1.165) is 0 Å². The summed E-state index contributed by atoms with van der Waals surface area (Å²) in [6, 6.07) is 27.1. The van der Waals surface area contributed by atoms with Crippen LogP contribution in [0, 0.1) is 0 Å². The molecule has 0 fully saturated rings. The van der Waals surface area contributed by atoms with Crippen molar-refractivity contribution in [2.75, 3.05) is 24.6 Å². The zero-order chi connectivity index (χ0) is 22.8. The van der Waals surface area contributed by atoms with Crippen molar-refractivity contribution in [2.24, 2.45) is 0 Å². The van der Waals surface area contributed by atoms with Crippen LogP contribution in [0.25, 0.3) is 21.5 Å². The summed E-state index contributed by atoms with van der Waals surface area (Å²) >= 11 is 0. The average Bonchev–Trinajstić information content (AvgIpc) is 3.43. The molecule has 4 aromatic rings. The third-order valence-electron chi connectivity index (χ3n) is 5.91. The van der Waals surface area contributed by atoms with Gasteiger partial charge in [-0.1, -0.05) is 81.4 Å². The second kappa shape index (κ2) is 15.4. The maximum atomic E-state index is 2.41. The van der Waals surface area contributed by atoms with E-state index in [4.69, 9.17) is 0 Å². The Hall–Kier alpha value is -0.610. The van der Waals surface area contributed by atoms with Gasteiger partial charge in [0.2, 0.25) is 0 Å². The summed E-state index contributed by atoms with van der Waals surface area (Å²) < 4.78 is 0. The normalized spacial score (nSPS) is 11.1. The molecule has 4 rings (SSSR count). The van der Waals surface area contributed by atoms with Gasteiger partial charge in [0.1, 0.15) is 0 Å². The molecule has 0 radical (unpaired) electrons. The summed E-state index contributed by atoms with van der Waals surface area (Å²) in [5.74, 6) is 0. The van der Waals surface area contributed by atoms with Gasteiger partial charge in [0, 0.05) is 25.8 Å². The SMILES string of the molecule is CCCP(CCC)c1cc2ccccc2[cH-]1.CCCP(CCC)c1cc2ccccc2[cH-]1.[Hf]. The Balaban J connectivity index is 0.000000227. The molecule has 0 atom stereocenters.